The molecule has 0 aromatic heterocycles. The molecule has 0 radical (unpaired) electrons. The zero-order valence-corrected chi connectivity index (χ0v) is 14.5. The molecule has 2 aliphatic rings. The number of hydrogen-bond donors (Lipinski definition) is 0. The molecule has 0 nitrogen and oxygen atoms in total. The van der Waals surface area contributed by atoms with E-state index in [1.165, 1.54) is 57.8 Å². The molecule has 5 atom stereocenters. The standard InChI is InChI=1S/C20H38/c1-5-17-12-11-15(3)13-16(4)20(17)14-18(6-2)19-9-7-8-10-19/h15-20H,5-14H2,1-4H3. The van der Waals surface area contributed by atoms with Gasteiger partial charge in [0.15, 0.2) is 0 Å². The van der Waals surface area contributed by atoms with Gasteiger partial charge < -0.3 is 0 Å². The second-order valence-corrected chi connectivity index (χ2v) is 8.18. The van der Waals surface area contributed by atoms with Crippen LogP contribution in [0.15, 0.2) is 0 Å². The van der Waals surface area contributed by atoms with Crippen molar-refractivity contribution in [3.05, 3.63) is 0 Å². The summed E-state index contributed by atoms with van der Waals surface area (Å²) in [6.45, 7) is 9.95. The average Bonchev–Trinajstić information content (AvgIpc) is 2.91. The molecular weight excluding hydrogens is 240 g/mol. The molecule has 2 fully saturated rings. The summed E-state index contributed by atoms with van der Waals surface area (Å²) in [5.41, 5.74) is 0. The highest BCUT2D eigenvalue weighted by Crippen LogP contribution is 2.44. The van der Waals surface area contributed by atoms with Gasteiger partial charge in [0.05, 0.1) is 0 Å². The summed E-state index contributed by atoms with van der Waals surface area (Å²) in [5.74, 6) is 6.09. The Hall–Kier alpha value is 0. The van der Waals surface area contributed by atoms with Crippen molar-refractivity contribution in [2.24, 2.45) is 35.5 Å². The van der Waals surface area contributed by atoms with Gasteiger partial charge in [0.2, 0.25) is 0 Å². The molecule has 2 aliphatic carbocycles. The van der Waals surface area contributed by atoms with Crippen molar-refractivity contribution >= 4 is 0 Å². The average molecular weight is 279 g/mol. The van der Waals surface area contributed by atoms with Crippen LogP contribution in [0, 0.1) is 35.5 Å². The monoisotopic (exact) mass is 278 g/mol. The van der Waals surface area contributed by atoms with E-state index in [1.807, 2.05) is 0 Å². The van der Waals surface area contributed by atoms with Crippen LogP contribution in [0.5, 0.6) is 0 Å². The van der Waals surface area contributed by atoms with Crippen molar-refractivity contribution in [1.29, 1.82) is 0 Å². The summed E-state index contributed by atoms with van der Waals surface area (Å²) in [6.07, 6.45) is 15.0. The third-order valence-corrected chi connectivity index (χ3v) is 6.83. The quantitative estimate of drug-likeness (QED) is 0.491. The predicted molar refractivity (Wildman–Crippen MR) is 89.8 cm³/mol. The van der Waals surface area contributed by atoms with Crippen molar-refractivity contribution < 1.29 is 0 Å². The van der Waals surface area contributed by atoms with Gasteiger partial charge in [-0.2, -0.15) is 0 Å². The Morgan fingerprint density at radius 3 is 2.25 bits per heavy atom. The molecule has 20 heavy (non-hydrogen) atoms. The molecule has 0 aromatic carbocycles. The van der Waals surface area contributed by atoms with Gasteiger partial charge in [-0.3, -0.25) is 0 Å². The largest absolute Gasteiger partial charge is 0.0651 e. The van der Waals surface area contributed by atoms with E-state index >= 15 is 0 Å². The zero-order chi connectivity index (χ0) is 14.5. The fraction of sp³-hybridized carbons (Fsp3) is 1.00. The van der Waals surface area contributed by atoms with E-state index in [9.17, 15) is 0 Å². The number of hydrogen-bond acceptors (Lipinski definition) is 0. The first kappa shape index (κ1) is 16.4. The van der Waals surface area contributed by atoms with E-state index in [0.717, 1.165) is 35.5 Å². The van der Waals surface area contributed by atoms with Gasteiger partial charge in [0.25, 0.3) is 0 Å². The molecule has 0 amide bonds. The van der Waals surface area contributed by atoms with Crippen LogP contribution in [-0.4, -0.2) is 0 Å². The molecule has 0 aliphatic heterocycles. The van der Waals surface area contributed by atoms with Crippen LogP contribution in [0.25, 0.3) is 0 Å². The Morgan fingerprint density at radius 2 is 1.65 bits per heavy atom. The third-order valence-electron chi connectivity index (χ3n) is 6.83. The fourth-order valence-electron chi connectivity index (χ4n) is 5.51. The number of rotatable bonds is 5. The van der Waals surface area contributed by atoms with E-state index in [1.54, 1.807) is 6.42 Å². The Kier molecular flexibility index (Phi) is 6.43. The summed E-state index contributed by atoms with van der Waals surface area (Å²) in [6, 6.07) is 0. The van der Waals surface area contributed by atoms with Gasteiger partial charge in [0, 0.05) is 0 Å². The Bertz CT molecular complexity index is 263. The highest BCUT2D eigenvalue weighted by atomic mass is 14.4. The van der Waals surface area contributed by atoms with E-state index < -0.39 is 0 Å². The SMILES string of the molecule is CCC(CC1C(C)CC(C)CCC1CC)C1CCCC1. The first-order chi connectivity index (χ1) is 9.65. The highest BCUT2D eigenvalue weighted by Gasteiger charge is 2.34. The molecule has 0 heterocycles. The van der Waals surface area contributed by atoms with Crippen molar-refractivity contribution in [1.82, 2.24) is 0 Å². The molecule has 0 spiro atoms. The molecule has 0 saturated heterocycles. The molecule has 0 bridgehead atoms. The maximum Gasteiger partial charge on any atom is -0.0357 e. The molecule has 2 rings (SSSR count). The minimum atomic E-state index is 0.966. The lowest BCUT2D eigenvalue weighted by Crippen LogP contribution is -2.25. The molecule has 0 aromatic rings. The lowest BCUT2D eigenvalue weighted by atomic mass is 9.71. The molecule has 0 heteroatoms. The van der Waals surface area contributed by atoms with E-state index in [4.69, 9.17) is 0 Å². The first-order valence-electron chi connectivity index (χ1n) is 9.65. The van der Waals surface area contributed by atoms with Crippen molar-refractivity contribution in [3.8, 4) is 0 Å². The van der Waals surface area contributed by atoms with Gasteiger partial charge >= 0.3 is 0 Å². The molecule has 118 valence electrons. The van der Waals surface area contributed by atoms with Crippen LogP contribution in [0.2, 0.25) is 0 Å². The van der Waals surface area contributed by atoms with Gasteiger partial charge in [-0.25, -0.2) is 0 Å². The Morgan fingerprint density at radius 1 is 0.950 bits per heavy atom. The van der Waals surface area contributed by atoms with Crippen molar-refractivity contribution in [3.63, 3.8) is 0 Å². The minimum absolute atomic E-state index is 0.966. The highest BCUT2D eigenvalue weighted by molar-refractivity contribution is 4.84. The van der Waals surface area contributed by atoms with Crippen LogP contribution < -0.4 is 0 Å². The van der Waals surface area contributed by atoms with Gasteiger partial charge in [-0.1, -0.05) is 72.6 Å². The summed E-state index contributed by atoms with van der Waals surface area (Å²) < 4.78 is 0. The van der Waals surface area contributed by atoms with Crippen LogP contribution in [0.3, 0.4) is 0 Å². The maximum atomic E-state index is 2.57. The summed E-state index contributed by atoms with van der Waals surface area (Å²) in [7, 11) is 0. The maximum absolute atomic E-state index is 2.57. The van der Waals surface area contributed by atoms with E-state index in [0.29, 0.717) is 0 Å². The van der Waals surface area contributed by atoms with Gasteiger partial charge in [-0.05, 0) is 54.8 Å². The minimum Gasteiger partial charge on any atom is -0.0651 e. The Labute approximate surface area is 128 Å². The van der Waals surface area contributed by atoms with Crippen molar-refractivity contribution in [2.75, 3.05) is 0 Å². The van der Waals surface area contributed by atoms with Gasteiger partial charge in [0.1, 0.15) is 0 Å². The second-order valence-electron chi connectivity index (χ2n) is 8.18. The van der Waals surface area contributed by atoms with E-state index in [-0.39, 0.29) is 0 Å². The Balaban J connectivity index is 2.01. The second kappa shape index (κ2) is 7.85. The fourth-order valence-corrected chi connectivity index (χ4v) is 5.51. The first-order valence-corrected chi connectivity index (χ1v) is 9.65. The lowest BCUT2D eigenvalue weighted by molar-refractivity contribution is 0.157. The predicted octanol–water partition coefficient (Wildman–Crippen LogP) is 6.69. The smallest absolute Gasteiger partial charge is 0.0357 e. The lowest BCUT2D eigenvalue weighted by Gasteiger charge is -2.34. The normalized spacial score (nSPS) is 37.8. The van der Waals surface area contributed by atoms with Crippen LogP contribution >= 0.6 is 0 Å². The van der Waals surface area contributed by atoms with Crippen LogP contribution in [0.4, 0.5) is 0 Å². The third kappa shape index (κ3) is 4.01. The summed E-state index contributed by atoms with van der Waals surface area (Å²) in [4.78, 5) is 0. The van der Waals surface area contributed by atoms with E-state index in [2.05, 4.69) is 27.7 Å². The van der Waals surface area contributed by atoms with Crippen LogP contribution in [0.1, 0.15) is 91.9 Å². The molecule has 0 N–H and O–H groups in total. The van der Waals surface area contributed by atoms with Gasteiger partial charge in [-0.15, -0.1) is 0 Å². The van der Waals surface area contributed by atoms with Crippen molar-refractivity contribution in [2.45, 2.75) is 91.9 Å². The molecule has 2 saturated carbocycles. The summed E-state index contributed by atoms with van der Waals surface area (Å²) in [5, 5.41) is 0. The zero-order valence-electron chi connectivity index (χ0n) is 14.5. The van der Waals surface area contributed by atoms with Crippen LogP contribution in [-0.2, 0) is 0 Å². The molecular formula is C20H38. The summed E-state index contributed by atoms with van der Waals surface area (Å²) >= 11 is 0. The molecule has 5 unspecified atom stereocenters. The topological polar surface area (TPSA) is 0 Å².